The fourth-order valence-electron chi connectivity index (χ4n) is 4.33. The highest BCUT2D eigenvalue weighted by atomic mass is 35.5. The summed E-state index contributed by atoms with van der Waals surface area (Å²) in [6, 6.07) is 12.8. The third-order valence-electron chi connectivity index (χ3n) is 6.53. The van der Waals surface area contributed by atoms with E-state index in [9.17, 15) is 31.4 Å². The molecule has 11 heteroatoms. The molecular formula is C26H24ClF6N3O. The molecule has 2 aromatic carbocycles. The van der Waals surface area contributed by atoms with Crippen LogP contribution in [0, 0.1) is 0 Å². The molecule has 1 aromatic heterocycles. The van der Waals surface area contributed by atoms with Gasteiger partial charge < -0.3 is 5.11 Å². The summed E-state index contributed by atoms with van der Waals surface area (Å²) < 4.78 is 78.6. The molecule has 0 bridgehead atoms. The molecule has 1 fully saturated rings. The van der Waals surface area contributed by atoms with Crippen LogP contribution in [0.15, 0.2) is 67.0 Å². The van der Waals surface area contributed by atoms with Crippen molar-refractivity contribution in [2.45, 2.75) is 31.0 Å². The second kappa shape index (κ2) is 10.6. The van der Waals surface area contributed by atoms with Gasteiger partial charge in [0.1, 0.15) is 0 Å². The molecule has 0 saturated carbocycles. The Morgan fingerprint density at radius 2 is 1.22 bits per heavy atom. The molecule has 1 N–H and O–H groups in total. The van der Waals surface area contributed by atoms with Gasteiger partial charge in [-0.1, -0.05) is 60.1 Å². The normalized spacial score (nSPS) is 16.2. The average molecular weight is 544 g/mol. The van der Waals surface area contributed by atoms with Gasteiger partial charge in [0.15, 0.2) is 0 Å². The van der Waals surface area contributed by atoms with Gasteiger partial charge >= 0.3 is 12.4 Å². The summed E-state index contributed by atoms with van der Waals surface area (Å²) in [5.74, 6) is 0. The van der Waals surface area contributed by atoms with E-state index in [4.69, 9.17) is 11.6 Å². The smallest absolute Gasteiger partial charge is 0.369 e. The van der Waals surface area contributed by atoms with Gasteiger partial charge in [-0.15, -0.1) is 0 Å². The van der Waals surface area contributed by atoms with Crippen molar-refractivity contribution in [1.29, 1.82) is 0 Å². The largest absolute Gasteiger partial charge is 0.430 e. The minimum absolute atomic E-state index is 0.436. The molecule has 1 aliphatic rings. The zero-order chi connectivity index (χ0) is 26.8. The standard InChI is InChI=1S/C26H24ClF6N3O/c27-23-15-34-10-9-21(23)17-36-13-11-35(12-14-36)16-18-1-3-19(4-2-18)20-5-7-22(8-6-20)24(37,25(28,29)30)26(31,32)33/h1-10,15,37H,11-14,16-17H2. The van der Waals surface area contributed by atoms with E-state index in [2.05, 4.69) is 14.8 Å². The van der Waals surface area contributed by atoms with Crippen molar-refractivity contribution in [1.82, 2.24) is 14.8 Å². The van der Waals surface area contributed by atoms with E-state index >= 15 is 0 Å². The Morgan fingerprint density at radius 3 is 1.70 bits per heavy atom. The van der Waals surface area contributed by atoms with E-state index < -0.39 is 23.5 Å². The van der Waals surface area contributed by atoms with Gasteiger partial charge in [0.05, 0.1) is 5.02 Å². The van der Waals surface area contributed by atoms with Gasteiger partial charge in [-0.2, -0.15) is 26.3 Å². The molecule has 37 heavy (non-hydrogen) atoms. The summed E-state index contributed by atoms with van der Waals surface area (Å²) in [6.45, 7) is 4.97. The molecular weight excluding hydrogens is 520 g/mol. The summed E-state index contributed by atoms with van der Waals surface area (Å²) in [5.41, 5.74) is -3.07. The summed E-state index contributed by atoms with van der Waals surface area (Å²) in [7, 11) is 0. The molecule has 2 heterocycles. The molecule has 1 saturated heterocycles. The Balaban J connectivity index is 1.36. The minimum atomic E-state index is -5.91. The summed E-state index contributed by atoms with van der Waals surface area (Å²) in [6.07, 6.45) is -8.46. The molecule has 0 atom stereocenters. The predicted octanol–water partition coefficient (Wildman–Crippen LogP) is 6.03. The number of aromatic nitrogens is 1. The van der Waals surface area contributed by atoms with Gasteiger partial charge in [0.2, 0.25) is 0 Å². The van der Waals surface area contributed by atoms with Crippen LogP contribution in [0.2, 0.25) is 5.02 Å². The van der Waals surface area contributed by atoms with E-state index in [1.165, 1.54) is 0 Å². The van der Waals surface area contributed by atoms with Crippen molar-refractivity contribution in [3.8, 4) is 11.1 Å². The van der Waals surface area contributed by atoms with E-state index in [0.717, 1.165) is 56.0 Å². The molecule has 3 aromatic rings. The first-order chi connectivity index (χ1) is 17.4. The number of nitrogens with zero attached hydrogens (tertiary/aromatic N) is 3. The first kappa shape index (κ1) is 27.4. The van der Waals surface area contributed by atoms with Crippen LogP contribution < -0.4 is 0 Å². The van der Waals surface area contributed by atoms with Crippen LogP contribution in [-0.4, -0.2) is 58.4 Å². The number of benzene rings is 2. The van der Waals surface area contributed by atoms with E-state index in [1.807, 2.05) is 18.2 Å². The Kier molecular flexibility index (Phi) is 7.85. The van der Waals surface area contributed by atoms with Crippen LogP contribution in [0.25, 0.3) is 11.1 Å². The number of piperazine rings is 1. The molecule has 0 spiro atoms. The molecule has 1 aliphatic heterocycles. The lowest BCUT2D eigenvalue weighted by Crippen LogP contribution is -2.53. The fraction of sp³-hybridized carbons (Fsp3) is 0.346. The Morgan fingerprint density at radius 1 is 0.730 bits per heavy atom. The summed E-state index contributed by atoms with van der Waals surface area (Å²) in [5, 5.41) is 10.2. The number of hydrogen-bond donors (Lipinski definition) is 1. The second-order valence-electron chi connectivity index (χ2n) is 9.00. The highest BCUT2D eigenvalue weighted by Crippen LogP contribution is 2.50. The van der Waals surface area contributed by atoms with E-state index in [1.54, 1.807) is 24.5 Å². The van der Waals surface area contributed by atoms with Crippen LogP contribution in [0.4, 0.5) is 26.3 Å². The number of alkyl halides is 6. The number of hydrogen-bond acceptors (Lipinski definition) is 4. The van der Waals surface area contributed by atoms with E-state index in [-0.39, 0.29) is 0 Å². The SMILES string of the molecule is OC(c1ccc(-c2ccc(CN3CCN(Cc4ccncc4Cl)CC3)cc2)cc1)(C(F)(F)F)C(F)(F)F. The molecule has 4 rings (SSSR count). The summed E-state index contributed by atoms with van der Waals surface area (Å²) >= 11 is 6.20. The predicted molar refractivity (Wildman–Crippen MR) is 128 cm³/mol. The number of aliphatic hydroxyl groups is 1. The number of rotatable bonds is 6. The fourth-order valence-corrected chi connectivity index (χ4v) is 4.51. The zero-order valence-corrected chi connectivity index (χ0v) is 20.3. The van der Waals surface area contributed by atoms with Crippen LogP contribution >= 0.6 is 11.6 Å². The van der Waals surface area contributed by atoms with Crippen LogP contribution in [0.3, 0.4) is 0 Å². The highest BCUT2D eigenvalue weighted by molar-refractivity contribution is 6.31. The zero-order valence-electron chi connectivity index (χ0n) is 19.5. The van der Waals surface area contributed by atoms with Gasteiger partial charge in [-0.3, -0.25) is 14.8 Å². The van der Waals surface area contributed by atoms with Gasteiger partial charge in [-0.05, 0) is 28.3 Å². The first-order valence-electron chi connectivity index (χ1n) is 11.5. The maximum Gasteiger partial charge on any atom is 0.430 e. The maximum absolute atomic E-state index is 13.1. The Bertz CT molecular complexity index is 1180. The van der Waals surface area contributed by atoms with Gasteiger partial charge in [-0.25, -0.2) is 0 Å². The maximum atomic E-state index is 13.1. The number of pyridine rings is 1. The molecule has 0 aliphatic carbocycles. The minimum Gasteiger partial charge on any atom is -0.369 e. The second-order valence-corrected chi connectivity index (χ2v) is 9.41. The van der Waals surface area contributed by atoms with Crippen LogP contribution in [0.1, 0.15) is 16.7 Å². The monoisotopic (exact) mass is 543 g/mol. The number of halogens is 7. The Labute approximate surface area is 215 Å². The van der Waals surface area contributed by atoms with E-state index in [0.29, 0.717) is 34.8 Å². The van der Waals surface area contributed by atoms with Gasteiger partial charge in [0.25, 0.3) is 5.60 Å². The quantitative estimate of drug-likeness (QED) is 0.385. The third-order valence-corrected chi connectivity index (χ3v) is 6.87. The molecule has 0 unspecified atom stereocenters. The van der Waals surface area contributed by atoms with Crippen molar-refractivity contribution in [3.63, 3.8) is 0 Å². The topological polar surface area (TPSA) is 39.6 Å². The molecule has 0 radical (unpaired) electrons. The lowest BCUT2D eigenvalue weighted by atomic mass is 9.90. The summed E-state index contributed by atoms with van der Waals surface area (Å²) in [4.78, 5) is 8.63. The lowest BCUT2D eigenvalue weighted by Gasteiger charge is -2.34. The first-order valence-corrected chi connectivity index (χ1v) is 11.8. The molecule has 4 nitrogen and oxygen atoms in total. The third kappa shape index (κ3) is 5.93. The van der Waals surface area contributed by atoms with Crippen LogP contribution in [0.5, 0.6) is 0 Å². The van der Waals surface area contributed by atoms with Crippen molar-refractivity contribution < 1.29 is 31.4 Å². The van der Waals surface area contributed by atoms with Gasteiger partial charge in [0, 0.05) is 57.2 Å². The van der Waals surface area contributed by atoms with Crippen molar-refractivity contribution >= 4 is 11.6 Å². The van der Waals surface area contributed by atoms with Crippen molar-refractivity contribution in [3.05, 3.63) is 88.7 Å². The Hall–Kier alpha value is -2.66. The highest BCUT2D eigenvalue weighted by Gasteiger charge is 2.71. The van der Waals surface area contributed by atoms with Crippen LogP contribution in [-0.2, 0) is 18.7 Å². The molecule has 198 valence electrons. The lowest BCUT2D eigenvalue weighted by molar-refractivity contribution is -0.376. The van der Waals surface area contributed by atoms with Crippen molar-refractivity contribution in [2.24, 2.45) is 0 Å². The van der Waals surface area contributed by atoms with Crippen molar-refractivity contribution in [2.75, 3.05) is 26.2 Å². The average Bonchev–Trinajstić information content (AvgIpc) is 2.85. The molecule has 0 amide bonds.